The minimum atomic E-state index is -1.05. The largest absolute Gasteiger partial charge is 0.441 e. The number of carbonyl (C=O) groups is 1. The number of carbonyl (C=O) groups excluding carboxylic acids is 1. The molecule has 0 heterocycles. The van der Waals surface area contributed by atoms with Crippen LogP contribution in [0.2, 0.25) is 0 Å². The van der Waals surface area contributed by atoms with Crippen LogP contribution < -0.4 is 5.73 Å². The summed E-state index contributed by atoms with van der Waals surface area (Å²) in [5.41, 5.74) is 4.54. The number of hydrogen-bond donors (Lipinski definition) is 1. The molecule has 1 aromatic carbocycles. The molecule has 0 fully saturated rings. The number of ether oxygens (including phenoxy) is 1. The second-order valence-electron chi connectivity index (χ2n) is 2.97. The molecule has 0 aliphatic rings. The number of hydrogen-bond acceptors (Lipinski definition) is 2. The molecule has 0 saturated heterocycles. The maximum atomic E-state index is 13.3. The van der Waals surface area contributed by atoms with Crippen molar-refractivity contribution in [3.05, 3.63) is 35.4 Å². The first kappa shape index (κ1) is 11.4. The average molecular weight is 215 g/mol. The minimum Gasteiger partial charge on any atom is -0.441 e. The Morgan fingerprint density at radius 2 is 2.00 bits per heavy atom. The molecule has 1 aromatic rings. The molecule has 0 aromatic heterocycles. The maximum absolute atomic E-state index is 13.3. The number of rotatable bonds is 3. The van der Waals surface area contributed by atoms with Crippen LogP contribution in [0.15, 0.2) is 18.2 Å². The molecule has 0 radical (unpaired) electrons. The fourth-order valence-corrected chi connectivity index (χ4v) is 1.30. The summed E-state index contributed by atoms with van der Waals surface area (Å²) in [6, 6.07) is 3.45. The fraction of sp³-hybridized carbons (Fsp3) is 0.300. The third-order valence-electron chi connectivity index (χ3n) is 1.95. The Morgan fingerprint density at radius 1 is 1.47 bits per heavy atom. The van der Waals surface area contributed by atoms with E-state index in [2.05, 4.69) is 4.74 Å². The summed E-state index contributed by atoms with van der Waals surface area (Å²) in [6.07, 6.45) is -1.78. The lowest BCUT2D eigenvalue weighted by molar-refractivity contribution is 0.0997. The van der Waals surface area contributed by atoms with Gasteiger partial charge in [-0.15, -0.1) is 0 Å². The van der Waals surface area contributed by atoms with E-state index in [1.165, 1.54) is 6.07 Å². The Morgan fingerprint density at radius 3 is 2.40 bits per heavy atom. The van der Waals surface area contributed by atoms with Crippen molar-refractivity contribution in [1.29, 1.82) is 0 Å². The predicted octanol–water partition coefficient (Wildman–Crippen LogP) is 2.51. The molecular formula is C10H11F2NO2. The second kappa shape index (κ2) is 4.72. The highest BCUT2D eigenvalue weighted by molar-refractivity contribution is 5.65. The van der Waals surface area contributed by atoms with Crippen molar-refractivity contribution in [1.82, 2.24) is 0 Å². The van der Waals surface area contributed by atoms with Gasteiger partial charge in [-0.3, -0.25) is 0 Å². The van der Waals surface area contributed by atoms with Crippen molar-refractivity contribution in [2.75, 3.05) is 0 Å². The zero-order chi connectivity index (χ0) is 11.4. The number of amides is 1. The summed E-state index contributed by atoms with van der Waals surface area (Å²) >= 11 is 0. The molecule has 82 valence electrons. The summed E-state index contributed by atoms with van der Waals surface area (Å²) < 4.78 is 31.1. The molecule has 1 amide bonds. The monoisotopic (exact) mass is 215 g/mol. The van der Waals surface area contributed by atoms with Crippen molar-refractivity contribution in [2.24, 2.45) is 5.73 Å². The van der Waals surface area contributed by atoms with Crippen LogP contribution >= 0.6 is 0 Å². The van der Waals surface area contributed by atoms with Crippen molar-refractivity contribution in [2.45, 2.75) is 19.4 Å². The van der Waals surface area contributed by atoms with Gasteiger partial charge in [0.1, 0.15) is 17.7 Å². The summed E-state index contributed by atoms with van der Waals surface area (Å²) in [6.45, 7) is 1.64. The standard InChI is InChI=1S/C10H11F2NO2/c1-2-8(15-10(13)14)9-6(11)4-3-5-7(9)12/h3-5,8H,2H2,1H3,(H2,13,14). The molecular weight excluding hydrogens is 204 g/mol. The van der Waals surface area contributed by atoms with E-state index in [0.29, 0.717) is 0 Å². The van der Waals surface area contributed by atoms with E-state index in [1.54, 1.807) is 6.92 Å². The van der Waals surface area contributed by atoms with Crippen LogP contribution in [0.25, 0.3) is 0 Å². The molecule has 0 saturated carbocycles. The molecule has 3 nitrogen and oxygen atoms in total. The summed E-state index contributed by atoms with van der Waals surface area (Å²) in [5, 5.41) is 0. The number of benzene rings is 1. The van der Waals surface area contributed by atoms with E-state index in [0.717, 1.165) is 12.1 Å². The third-order valence-corrected chi connectivity index (χ3v) is 1.95. The zero-order valence-electron chi connectivity index (χ0n) is 8.17. The molecule has 1 rings (SSSR count). The fourth-order valence-electron chi connectivity index (χ4n) is 1.30. The van der Waals surface area contributed by atoms with Crippen LogP contribution in [-0.2, 0) is 4.74 Å². The minimum absolute atomic E-state index is 0.251. The van der Waals surface area contributed by atoms with E-state index in [4.69, 9.17) is 5.73 Å². The van der Waals surface area contributed by atoms with Gasteiger partial charge in [-0.25, -0.2) is 13.6 Å². The van der Waals surface area contributed by atoms with E-state index in [-0.39, 0.29) is 12.0 Å². The van der Waals surface area contributed by atoms with Gasteiger partial charge in [-0.2, -0.15) is 0 Å². The molecule has 5 heteroatoms. The smallest absolute Gasteiger partial charge is 0.405 e. The first-order valence-corrected chi connectivity index (χ1v) is 4.46. The Hall–Kier alpha value is -1.65. The van der Waals surface area contributed by atoms with Crippen molar-refractivity contribution in [3.63, 3.8) is 0 Å². The lowest BCUT2D eigenvalue weighted by atomic mass is 10.1. The van der Waals surface area contributed by atoms with Crippen LogP contribution in [-0.4, -0.2) is 6.09 Å². The summed E-state index contributed by atoms with van der Waals surface area (Å²) in [4.78, 5) is 10.5. The first-order chi connectivity index (χ1) is 7.06. The van der Waals surface area contributed by atoms with E-state index in [9.17, 15) is 13.6 Å². The molecule has 2 N–H and O–H groups in total. The van der Waals surface area contributed by atoms with E-state index >= 15 is 0 Å². The third kappa shape index (κ3) is 2.65. The number of nitrogens with two attached hydrogens (primary N) is 1. The molecule has 0 aliphatic heterocycles. The van der Waals surface area contributed by atoms with Gasteiger partial charge in [0.15, 0.2) is 0 Å². The highest BCUT2D eigenvalue weighted by atomic mass is 19.1. The molecule has 15 heavy (non-hydrogen) atoms. The molecule has 0 spiro atoms. The zero-order valence-corrected chi connectivity index (χ0v) is 8.17. The van der Waals surface area contributed by atoms with E-state index < -0.39 is 23.8 Å². The lowest BCUT2D eigenvalue weighted by Crippen LogP contribution is -2.18. The van der Waals surface area contributed by atoms with Crippen LogP contribution in [0, 0.1) is 11.6 Å². The van der Waals surface area contributed by atoms with Gasteiger partial charge in [-0.05, 0) is 18.6 Å². The Bertz CT molecular complexity index is 348. The average Bonchev–Trinajstić information content (AvgIpc) is 2.15. The maximum Gasteiger partial charge on any atom is 0.405 e. The van der Waals surface area contributed by atoms with Crippen molar-refractivity contribution in [3.8, 4) is 0 Å². The van der Waals surface area contributed by atoms with Gasteiger partial charge in [0.2, 0.25) is 0 Å². The molecule has 0 aliphatic carbocycles. The van der Waals surface area contributed by atoms with Gasteiger partial charge in [0, 0.05) is 0 Å². The first-order valence-electron chi connectivity index (χ1n) is 4.46. The Balaban J connectivity index is 3.05. The number of primary amides is 1. The highest BCUT2D eigenvalue weighted by Gasteiger charge is 2.21. The summed E-state index contributed by atoms with van der Waals surface area (Å²) in [7, 11) is 0. The van der Waals surface area contributed by atoms with E-state index in [1.807, 2.05) is 0 Å². The van der Waals surface area contributed by atoms with Gasteiger partial charge in [0.25, 0.3) is 0 Å². The topological polar surface area (TPSA) is 52.3 Å². The van der Waals surface area contributed by atoms with Gasteiger partial charge in [0.05, 0.1) is 5.56 Å². The highest BCUT2D eigenvalue weighted by Crippen LogP contribution is 2.26. The molecule has 0 bridgehead atoms. The van der Waals surface area contributed by atoms with Crippen molar-refractivity contribution >= 4 is 6.09 Å². The SMILES string of the molecule is CCC(OC(N)=O)c1c(F)cccc1F. The lowest BCUT2D eigenvalue weighted by Gasteiger charge is -2.16. The normalized spacial score (nSPS) is 12.2. The van der Waals surface area contributed by atoms with Crippen LogP contribution in [0.3, 0.4) is 0 Å². The summed E-state index contributed by atoms with van der Waals surface area (Å²) in [5.74, 6) is -1.49. The number of halogens is 2. The molecule has 1 unspecified atom stereocenters. The predicted molar refractivity (Wildman–Crippen MR) is 50.1 cm³/mol. The van der Waals surface area contributed by atoms with Crippen LogP contribution in [0.1, 0.15) is 25.0 Å². The Labute approximate surface area is 85.8 Å². The van der Waals surface area contributed by atoms with Crippen LogP contribution in [0.5, 0.6) is 0 Å². The Kier molecular flexibility index (Phi) is 3.60. The van der Waals surface area contributed by atoms with Gasteiger partial charge >= 0.3 is 6.09 Å². The molecule has 1 atom stereocenters. The van der Waals surface area contributed by atoms with Gasteiger partial charge < -0.3 is 10.5 Å². The van der Waals surface area contributed by atoms with Crippen molar-refractivity contribution < 1.29 is 18.3 Å². The van der Waals surface area contributed by atoms with Gasteiger partial charge in [-0.1, -0.05) is 13.0 Å². The second-order valence-corrected chi connectivity index (χ2v) is 2.97. The quantitative estimate of drug-likeness (QED) is 0.842. The van der Waals surface area contributed by atoms with Crippen LogP contribution in [0.4, 0.5) is 13.6 Å².